The minimum Gasteiger partial charge on any atom is -0.493 e. The molecule has 0 saturated heterocycles. The van der Waals surface area contributed by atoms with Crippen molar-refractivity contribution in [2.45, 2.75) is 32.2 Å². The molecule has 0 heterocycles. The van der Waals surface area contributed by atoms with Crippen LogP contribution in [-0.4, -0.2) is 38.3 Å². The van der Waals surface area contributed by atoms with E-state index in [4.69, 9.17) is 19.3 Å². The molecule has 1 aromatic rings. The number of hydrogen-bond donors (Lipinski definition) is 2. The molecule has 1 amide bonds. The summed E-state index contributed by atoms with van der Waals surface area (Å²) in [7, 11) is 4.61. The van der Waals surface area contributed by atoms with Crippen molar-refractivity contribution in [2.24, 2.45) is 11.8 Å². The Balaban J connectivity index is 2.11. The standard InChI is InChI=1S/C18H25NO6/c1-10(19-17(20)11-5-6-12(7-11)18(21)22)13-8-14(23-2)16(25-4)15(9-13)24-3/h8-12H,5-7H2,1-4H3,(H,19,20)(H,21,22)/t10?,11-,12+/m1/s1. The van der Waals surface area contributed by atoms with Crippen LogP contribution in [-0.2, 0) is 9.59 Å². The molecule has 2 rings (SSSR count). The van der Waals surface area contributed by atoms with E-state index in [-0.39, 0.29) is 17.9 Å². The van der Waals surface area contributed by atoms with Crippen LogP contribution in [0, 0.1) is 11.8 Å². The molecule has 2 N–H and O–H groups in total. The molecular weight excluding hydrogens is 326 g/mol. The molecule has 7 heteroatoms. The lowest BCUT2D eigenvalue weighted by atomic mass is 10.0. The molecule has 0 aromatic heterocycles. The van der Waals surface area contributed by atoms with E-state index in [1.807, 2.05) is 6.92 Å². The van der Waals surface area contributed by atoms with Crippen LogP contribution in [0.15, 0.2) is 12.1 Å². The quantitative estimate of drug-likeness (QED) is 0.783. The highest BCUT2D eigenvalue weighted by Gasteiger charge is 2.34. The second-order valence-electron chi connectivity index (χ2n) is 6.23. The summed E-state index contributed by atoms with van der Waals surface area (Å²) in [6, 6.07) is 3.31. The maximum atomic E-state index is 12.4. The van der Waals surface area contributed by atoms with Gasteiger partial charge in [-0.05, 0) is 43.9 Å². The number of methoxy groups -OCH3 is 3. The molecule has 7 nitrogen and oxygen atoms in total. The van der Waals surface area contributed by atoms with Crippen molar-refractivity contribution < 1.29 is 28.9 Å². The van der Waals surface area contributed by atoms with Crippen molar-refractivity contribution in [3.05, 3.63) is 17.7 Å². The van der Waals surface area contributed by atoms with E-state index in [0.717, 1.165) is 5.56 Å². The zero-order valence-corrected chi connectivity index (χ0v) is 15.0. The average molecular weight is 351 g/mol. The Morgan fingerprint density at radius 3 is 2.08 bits per heavy atom. The molecule has 1 unspecified atom stereocenters. The van der Waals surface area contributed by atoms with Crippen molar-refractivity contribution in [1.82, 2.24) is 5.32 Å². The van der Waals surface area contributed by atoms with Gasteiger partial charge in [-0.1, -0.05) is 0 Å². The van der Waals surface area contributed by atoms with E-state index in [0.29, 0.717) is 36.5 Å². The molecule has 1 aromatic carbocycles. The van der Waals surface area contributed by atoms with Gasteiger partial charge in [-0.2, -0.15) is 0 Å². The van der Waals surface area contributed by atoms with Crippen LogP contribution in [0.25, 0.3) is 0 Å². The Morgan fingerprint density at radius 1 is 1.08 bits per heavy atom. The van der Waals surface area contributed by atoms with Gasteiger partial charge in [0.25, 0.3) is 0 Å². The molecule has 1 fully saturated rings. The highest BCUT2D eigenvalue weighted by atomic mass is 16.5. The SMILES string of the molecule is COc1cc(C(C)NC(=O)[C@@H]2CC[C@H](C(=O)O)C2)cc(OC)c1OC. The van der Waals surface area contributed by atoms with E-state index >= 15 is 0 Å². The minimum absolute atomic E-state index is 0.120. The summed E-state index contributed by atoms with van der Waals surface area (Å²) >= 11 is 0. The summed E-state index contributed by atoms with van der Waals surface area (Å²) in [6.45, 7) is 1.86. The number of amides is 1. The molecule has 0 bridgehead atoms. The molecule has 1 aliphatic rings. The number of carboxylic acid groups (broad SMARTS) is 1. The monoisotopic (exact) mass is 351 g/mol. The number of carbonyl (C=O) groups excluding carboxylic acids is 1. The number of nitrogens with one attached hydrogen (secondary N) is 1. The summed E-state index contributed by atoms with van der Waals surface area (Å²) in [6.07, 6.45) is 1.54. The Morgan fingerprint density at radius 2 is 1.64 bits per heavy atom. The fourth-order valence-corrected chi connectivity index (χ4v) is 3.21. The van der Waals surface area contributed by atoms with Crippen LogP contribution < -0.4 is 19.5 Å². The van der Waals surface area contributed by atoms with Gasteiger partial charge in [-0.3, -0.25) is 9.59 Å². The Kier molecular flexibility index (Phi) is 6.12. The Bertz CT molecular complexity index is 619. The zero-order chi connectivity index (χ0) is 18.6. The summed E-state index contributed by atoms with van der Waals surface area (Å²) in [5.41, 5.74) is 0.815. The number of carboxylic acids is 1. The van der Waals surface area contributed by atoms with E-state index in [1.165, 1.54) is 21.3 Å². The van der Waals surface area contributed by atoms with Crippen molar-refractivity contribution in [2.75, 3.05) is 21.3 Å². The third kappa shape index (κ3) is 4.15. The van der Waals surface area contributed by atoms with Crippen molar-refractivity contribution >= 4 is 11.9 Å². The molecule has 138 valence electrons. The van der Waals surface area contributed by atoms with Crippen LogP contribution in [0.2, 0.25) is 0 Å². The van der Waals surface area contributed by atoms with E-state index in [2.05, 4.69) is 5.32 Å². The van der Waals surface area contributed by atoms with Gasteiger partial charge in [0.2, 0.25) is 11.7 Å². The summed E-state index contributed by atoms with van der Waals surface area (Å²) in [5.74, 6) is -0.0994. The summed E-state index contributed by atoms with van der Waals surface area (Å²) in [5, 5.41) is 12.0. The maximum absolute atomic E-state index is 12.4. The van der Waals surface area contributed by atoms with Crippen molar-refractivity contribution in [3.63, 3.8) is 0 Å². The van der Waals surface area contributed by atoms with Gasteiger partial charge in [0.15, 0.2) is 11.5 Å². The number of carbonyl (C=O) groups is 2. The van der Waals surface area contributed by atoms with Gasteiger partial charge in [0, 0.05) is 5.92 Å². The third-order valence-corrected chi connectivity index (χ3v) is 4.70. The topological polar surface area (TPSA) is 94.1 Å². The maximum Gasteiger partial charge on any atom is 0.306 e. The largest absolute Gasteiger partial charge is 0.493 e. The van der Waals surface area contributed by atoms with Crippen LogP contribution in [0.3, 0.4) is 0 Å². The predicted molar refractivity (Wildman–Crippen MR) is 91.1 cm³/mol. The molecule has 3 atom stereocenters. The first kappa shape index (κ1) is 18.9. The lowest BCUT2D eigenvalue weighted by molar-refractivity contribution is -0.141. The second kappa shape index (κ2) is 8.09. The van der Waals surface area contributed by atoms with Crippen LogP contribution >= 0.6 is 0 Å². The second-order valence-corrected chi connectivity index (χ2v) is 6.23. The molecular formula is C18H25NO6. The smallest absolute Gasteiger partial charge is 0.306 e. The van der Waals surface area contributed by atoms with Crippen molar-refractivity contribution in [3.8, 4) is 17.2 Å². The summed E-state index contributed by atoms with van der Waals surface area (Å²) < 4.78 is 16.0. The lowest BCUT2D eigenvalue weighted by Crippen LogP contribution is -2.32. The van der Waals surface area contributed by atoms with Crippen LogP contribution in [0.5, 0.6) is 17.2 Å². The van der Waals surface area contributed by atoms with Crippen molar-refractivity contribution in [1.29, 1.82) is 0 Å². The van der Waals surface area contributed by atoms with Gasteiger partial charge in [0.1, 0.15) is 0 Å². The van der Waals surface area contributed by atoms with Gasteiger partial charge in [0.05, 0.1) is 33.3 Å². The first-order valence-electron chi connectivity index (χ1n) is 8.24. The number of ether oxygens (including phenoxy) is 3. The number of rotatable bonds is 7. The molecule has 0 aliphatic heterocycles. The number of aliphatic carboxylic acids is 1. The van der Waals surface area contributed by atoms with Crippen LogP contribution in [0.1, 0.15) is 37.8 Å². The zero-order valence-electron chi connectivity index (χ0n) is 15.0. The van der Waals surface area contributed by atoms with E-state index in [9.17, 15) is 9.59 Å². The van der Waals surface area contributed by atoms with E-state index in [1.54, 1.807) is 12.1 Å². The molecule has 1 aliphatic carbocycles. The van der Waals surface area contributed by atoms with Gasteiger partial charge in [-0.25, -0.2) is 0 Å². The van der Waals surface area contributed by atoms with Crippen LogP contribution in [0.4, 0.5) is 0 Å². The first-order valence-corrected chi connectivity index (χ1v) is 8.24. The summed E-state index contributed by atoms with van der Waals surface area (Å²) in [4.78, 5) is 23.5. The fourth-order valence-electron chi connectivity index (χ4n) is 3.21. The first-order chi connectivity index (χ1) is 11.9. The Hall–Kier alpha value is -2.44. The van der Waals surface area contributed by atoms with Gasteiger partial charge in [-0.15, -0.1) is 0 Å². The normalized spacial score (nSPS) is 20.6. The molecule has 1 saturated carbocycles. The number of benzene rings is 1. The third-order valence-electron chi connectivity index (χ3n) is 4.70. The highest BCUT2D eigenvalue weighted by Crippen LogP contribution is 2.40. The lowest BCUT2D eigenvalue weighted by Gasteiger charge is -2.20. The minimum atomic E-state index is -0.826. The average Bonchev–Trinajstić information content (AvgIpc) is 3.10. The Labute approximate surface area is 147 Å². The predicted octanol–water partition coefficient (Wildman–Crippen LogP) is 2.39. The van der Waals surface area contributed by atoms with E-state index < -0.39 is 11.9 Å². The molecule has 25 heavy (non-hydrogen) atoms. The highest BCUT2D eigenvalue weighted by molar-refractivity contribution is 5.81. The van der Waals surface area contributed by atoms with Gasteiger partial charge >= 0.3 is 5.97 Å². The fraction of sp³-hybridized carbons (Fsp3) is 0.556. The molecule has 0 radical (unpaired) electrons. The number of hydrogen-bond acceptors (Lipinski definition) is 5. The molecule has 0 spiro atoms. The van der Waals surface area contributed by atoms with Gasteiger partial charge < -0.3 is 24.6 Å².